The van der Waals surface area contributed by atoms with E-state index in [4.69, 9.17) is 5.73 Å². The van der Waals surface area contributed by atoms with Crippen molar-refractivity contribution >= 4 is 31.6 Å². The van der Waals surface area contributed by atoms with Crippen LogP contribution >= 0.6 is 15.9 Å². The van der Waals surface area contributed by atoms with E-state index in [0.717, 1.165) is 12.1 Å². The van der Waals surface area contributed by atoms with E-state index in [-0.39, 0.29) is 27.5 Å². The van der Waals surface area contributed by atoms with Gasteiger partial charge in [0.1, 0.15) is 5.82 Å². The number of nitrogens with two attached hydrogens (primary N) is 1. The number of piperidine rings is 1. The van der Waals surface area contributed by atoms with Crippen molar-refractivity contribution in [1.29, 1.82) is 0 Å². The standard InChI is InChI=1S/C12H16BrFN2O3S/c1-7-2-3-16(6-11(7)17)20(18,19)12-5-10(15)9(14)4-8(12)13/h4-5,7,11,17H,2-3,6,15H2,1H3. The molecule has 2 rings (SSSR count). The van der Waals surface area contributed by atoms with E-state index in [1.807, 2.05) is 6.92 Å². The first-order valence-electron chi connectivity index (χ1n) is 6.16. The minimum Gasteiger partial charge on any atom is -0.396 e. The molecule has 0 aliphatic carbocycles. The number of aliphatic hydroxyl groups is 1. The van der Waals surface area contributed by atoms with Gasteiger partial charge in [0.05, 0.1) is 16.7 Å². The highest BCUT2D eigenvalue weighted by molar-refractivity contribution is 9.10. The van der Waals surface area contributed by atoms with Crippen molar-refractivity contribution in [1.82, 2.24) is 4.31 Å². The van der Waals surface area contributed by atoms with Gasteiger partial charge in [0.25, 0.3) is 0 Å². The summed E-state index contributed by atoms with van der Waals surface area (Å²) in [5.41, 5.74) is 5.21. The normalized spacial score (nSPS) is 24.8. The molecule has 1 aromatic rings. The Labute approximate surface area is 125 Å². The van der Waals surface area contributed by atoms with Gasteiger partial charge in [-0.1, -0.05) is 6.92 Å². The average molecular weight is 367 g/mol. The molecule has 112 valence electrons. The fourth-order valence-corrected chi connectivity index (χ4v) is 4.60. The molecule has 2 unspecified atom stereocenters. The molecule has 8 heteroatoms. The average Bonchev–Trinajstić information content (AvgIpc) is 2.36. The van der Waals surface area contributed by atoms with Crippen LogP contribution in [0.2, 0.25) is 0 Å². The first kappa shape index (κ1) is 15.7. The summed E-state index contributed by atoms with van der Waals surface area (Å²) in [6.45, 7) is 2.23. The number of sulfonamides is 1. The third kappa shape index (κ3) is 2.83. The Bertz CT molecular complexity index is 623. The number of hydrogen-bond acceptors (Lipinski definition) is 4. The number of aliphatic hydroxyl groups excluding tert-OH is 1. The fourth-order valence-electron chi connectivity index (χ4n) is 2.12. The summed E-state index contributed by atoms with van der Waals surface area (Å²) in [5.74, 6) is -0.619. The van der Waals surface area contributed by atoms with Crippen LogP contribution < -0.4 is 5.73 Å². The van der Waals surface area contributed by atoms with Crippen molar-refractivity contribution in [2.45, 2.75) is 24.3 Å². The van der Waals surface area contributed by atoms with Crippen molar-refractivity contribution in [3.8, 4) is 0 Å². The molecule has 0 radical (unpaired) electrons. The molecular formula is C12H16BrFN2O3S. The first-order chi connectivity index (χ1) is 9.23. The summed E-state index contributed by atoms with van der Waals surface area (Å²) in [4.78, 5) is -0.0850. The molecule has 1 aliphatic heterocycles. The molecule has 1 fully saturated rings. The Kier molecular flexibility index (Phi) is 4.38. The zero-order chi connectivity index (χ0) is 15.1. The molecule has 0 spiro atoms. The van der Waals surface area contributed by atoms with Gasteiger partial charge in [-0.2, -0.15) is 4.31 Å². The van der Waals surface area contributed by atoms with Gasteiger partial charge < -0.3 is 10.8 Å². The second-order valence-corrected chi connectivity index (χ2v) is 7.76. The Morgan fingerprint density at radius 3 is 2.75 bits per heavy atom. The quantitative estimate of drug-likeness (QED) is 0.778. The topological polar surface area (TPSA) is 83.6 Å². The molecule has 1 heterocycles. The number of halogens is 2. The van der Waals surface area contributed by atoms with Crippen molar-refractivity contribution in [2.24, 2.45) is 5.92 Å². The molecule has 5 nitrogen and oxygen atoms in total. The van der Waals surface area contributed by atoms with Crippen molar-refractivity contribution in [2.75, 3.05) is 18.8 Å². The maximum atomic E-state index is 13.3. The van der Waals surface area contributed by atoms with Gasteiger partial charge in [-0.25, -0.2) is 12.8 Å². The molecule has 0 aromatic heterocycles. The van der Waals surface area contributed by atoms with E-state index < -0.39 is 21.9 Å². The van der Waals surface area contributed by atoms with Crippen molar-refractivity contribution < 1.29 is 17.9 Å². The Morgan fingerprint density at radius 2 is 2.15 bits per heavy atom. The van der Waals surface area contributed by atoms with Gasteiger partial charge in [-0.15, -0.1) is 0 Å². The summed E-state index contributed by atoms with van der Waals surface area (Å²) in [5, 5.41) is 9.82. The van der Waals surface area contributed by atoms with Gasteiger partial charge in [-0.3, -0.25) is 0 Å². The van der Waals surface area contributed by atoms with E-state index in [0.29, 0.717) is 13.0 Å². The first-order valence-corrected chi connectivity index (χ1v) is 8.39. The summed E-state index contributed by atoms with van der Waals surface area (Å²) in [6, 6.07) is 2.13. The molecule has 1 saturated heterocycles. The van der Waals surface area contributed by atoms with Crippen LogP contribution in [0.25, 0.3) is 0 Å². The molecule has 2 atom stereocenters. The lowest BCUT2D eigenvalue weighted by Crippen LogP contribution is -2.45. The lowest BCUT2D eigenvalue weighted by atomic mass is 9.98. The second kappa shape index (κ2) is 5.59. The maximum absolute atomic E-state index is 13.3. The molecule has 0 bridgehead atoms. The van der Waals surface area contributed by atoms with Crippen LogP contribution in [0, 0.1) is 11.7 Å². The fraction of sp³-hybridized carbons (Fsp3) is 0.500. The van der Waals surface area contributed by atoms with Crippen molar-refractivity contribution in [3.63, 3.8) is 0 Å². The molecule has 1 aliphatic rings. The molecule has 0 amide bonds. The highest BCUT2D eigenvalue weighted by atomic mass is 79.9. The van der Waals surface area contributed by atoms with Crippen LogP contribution in [0.3, 0.4) is 0 Å². The number of anilines is 1. The maximum Gasteiger partial charge on any atom is 0.244 e. The number of nitrogens with zero attached hydrogens (tertiary/aromatic N) is 1. The van der Waals surface area contributed by atoms with Crippen LogP contribution in [0.15, 0.2) is 21.5 Å². The Balaban J connectivity index is 2.38. The predicted molar refractivity (Wildman–Crippen MR) is 77.1 cm³/mol. The van der Waals surface area contributed by atoms with Crippen LogP contribution in [0.5, 0.6) is 0 Å². The summed E-state index contributed by atoms with van der Waals surface area (Å²) in [7, 11) is -3.81. The van der Waals surface area contributed by atoms with E-state index in [1.54, 1.807) is 0 Å². The van der Waals surface area contributed by atoms with Gasteiger partial charge in [0.15, 0.2) is 0 Å². The van der Waals surface area contributed by atoms with E-state index >= 15 is 0 Å². The SMILES string of the molecule is CC1CCN(S(=O)(=O)c2cc(N)c(F)cc2Br)CC1O. The predicted octanol–water partition coefficient (Wildman–Crippen LogP) is 1.56. The van der Waals surface area contributed by atoms with Gasteiger partial charge in [-0.05, 0) is 40.4 Å². The lowest BCUT2D eigenvalue weighted by molar-refractivity contribution is 0.0605. The zero-order valence-corrected chi connectivity index (χ0v) is 13.3. The van der Waals surface area contributed by atoms with Crippen molar-refractivity contribution in [3.05, 3.63) is 22.4 Å². The number of rotatable bonds is 2. The molecule has 20 heavy (non-hydrogen) atoms. The van der Waals surface area contributed by atoms with Crippen LogP contribution in [-0.2, 0) is 10.0 Å². The van der Waals surface area contributed by atoms with Gasteiger partial charge in [0, 0.05) is 17.6 Å². The zero-order valence-electron chi connectivity index (χ0n) is 10.9. The lowest BCUT2D eigenvalue weighted by Gasteiger charge is -2.33. The molecule has 1 aromatic carbocycles. The summed E-state index contributed by atoms with van der Waals surface area (Å²) in [6.07, 6.45) is -0.121. The van der Waals surface area contributed by atoms with E-state index in [9.17, 15) is 17.9 Å². The van der Waals surface area contributed by atoms with Crippen LogP contribution in [0.4, 0.5) is 10.1 Å². The minimum atomic E-state index is -3.81. The largest absolute Gasteiger partial charge is 0.396 e. The smallest absolute Gasteiger partial charge is 0.244 e. The highest BCUT2D eigenvalue weighted by Gasteiger charge is 2.34. The monoisotopic (exact) mass is 366 g/mol. The van der Waals surface area contributed by atoms with Gasteiger partial charge in [0.2, 0.25) is 10.0 Å². The summed E-state index contributed by atoms with van der Waals surface area (Å²) >= 11 is 3.05. The third-order valence-corrected chi connectivity index (χ3v) is 6.37. The highest BCUT2D eigenvalue weighted by Crippen LogP contribution is 2.31. The molecule has 0 saturated carbocycles. The van der Waals surface area contributed by atoms with Crippen LogP contribution in [0.1, 0.15) is 13.3 Å². The number of β-amino-alcohol motifs (C(OH)–C–C–N with tert-alkyl or cyclic N) is 1. The third-order valence-electron chi connectivity index (χ3n) is 3.55. The van der Waals surface area contributed by atoms with Gasteiger partial charge >= 0.3 is 0 Å². The number of benzene rings is 1. The number of nitrogen functional groups attached to an aromatic ring is 1. The minimum absolute atomic E-state index is 0.0349. The Hall–Kier alpha value is -0.700. The van der Waals surface area contributed by atoms with E-state index in [2.05, 4.69) is 15.9 Å². The number of hydrogen-bond donors (Lipinski definition) is 2. The second-order valence-electron chi connectivity index (χ2n) is 5.00. The molecule has 3 N–H and O–H groups in total. The summed E-state index contributed by atoms with van der Waals surface area (Å²) < 4.78 is 39.7. The van der Waals surface area contributed by atoms with Crippen LogP contribution in [-0.4, -0.2) is 37.0 Å². The molecular weight excluding hydrogens is 351 g/mol. The Morgan fingerprint density at radius 1 is 1.50 bits per heavy atom. The van der Waals surface area contributed by atoms with E-state index in [1.165, 1.54) is 4.31 Å².